The summed E-state index contributed by atoms with van der Waals surface area (Å²) < 4.78 is 15.9. The first-order valence-electron chi connectivity index (χ1n) is 10.3. The smallest absolute Gasteiger partial charge is 0.257 e. The molecule has 2 amide bonds. The normalized spacial score (nSPS) is 15.5. The maximum atomic E-state index is 12.8. The molecule has 172 valence electrons. The van der Waals surface area contributed by atoms with Gasteiger partial charge in [-0.25, -0.2) is 0 Å². The fourth-order valence-corrected chi connectivity index (χ4v) is 4.63. The minimum absolute atomic E-state index is 0.0486. The standard InChI is InChI=1S/C23H24N4O5S/c1-13-7-5-6-8-16(13)27-12-15(11-19(27)28)22-25-26-23(33-22)24-21(29)14-9-17(30-2)20(32-4)18(10-14)31-3/h5-10,15H,11-12H2,1-4H3,(H,24,26,29). The summed E-state index contributed by atoms with van der Waals surface area (Å²) in [7, 11) is 4.47. The molecule has 1 fully saturated rings. The van der Waals surface area contributed by atoms with Gasteiger partial charge in [-0.3, -0.25) is 14.9 Å². The number of aromatic nitrogens is 2. The predicted octanol–water partition coefficient (Wildman–Crippen LogP) is 3.65. The Labute approximate surface area is 195 Å². The molecule has 1 unspecified atom stereocenters. The molecular formula is C23H24N4O5S. The van der Waals surface area contributed by atoms with Gasteiger partial charge in [0.25, 0.3) is 5.91 Å². The van der Waals surface area contributed by atoms with Gasteiger partial charge in [-0.05, 0) is 30.7 Å². The monoisotopic (exact) mass is 468 g/mol. The molecule has 1 saturated heterocycles. The molecule has 0 aliphatic carbocycles. The molecule has 1 aromatic heterocycles. The maximum absolute atomic E-state index is 12.8. The highest BCUT2D eigenvalue weighted by Gasteiger charge is 2.34. The lowest BCUT2D eigenvalue weighted by molar-refractivity contribution is -0.117. The van der Waals surface area contributed by atoms with Crippen LogP contribution in [0.5, 0.6) is 17.2 Å². The fraction of sp³-hybridized carbons (Fsp3) is 0.304. The molecule has 1 aliphatic rings. The Morgan fingerprint density at radius 2 is 1.79 bits per heavy atom. The van der Waals surface area contributed by atoms with Crippen LogP contribution in [-0.4, -0.2) is 49.9 Å². The van der Waals surface area contributed by atoms with Crippen LogP contribution in [-0.2, 0) is 4.79 Å². The molecule has 1 aliphatic heterocycles. The van der Waals surface area contributed by atoms with Crippen molar-refractivity contribution in [3.8, 4) is 17.2 Å². The molecule has 0 bridgehead atoms. The van der Waals surface area contributed by atoms with Crippen molar-refractivity contribution in [1.82, 2.24) is 10.2 Å². The van der Waals surface area contributed by atoms with Crippen LogP contribution in [0.2, 0.25) is 0 Å². The third kappa shape index (κ3) is 4.47. The first-order chi connectivity index (χ1) is 15.9. The zero-order valence-electron chi connectivity index (χ0n) is 18.7. The van der Waals surface area contributed by atoms with Crippen LogP contribution in [0.15, 0.2) is 36.4 Å². The van der Waals surface area contributed by atoms with E-state index in [0.29, 0.717) is 45.9 Å². The third-order valence-electron chi connectivity index (χ3n) is 5.47. The molecule has 10 heteroatoms. The molecule has 4 rings (SSSR count). The number of carbonyl (C=O) groups excluding carboxylic acids is 2. The predicted molar refractivity (Wildman–Crippen MR) is 125 cm³/mol. The van der Waals surface area contributed by atoms with Crippen molar-refractivity contribution in [3.05, 3.63) is 52.5 Å². The molecule has 9 nitrogen and oxygen atoms in total. The molecule has 0 radical (unpaired) electrons. The van der Waals surface area contributed by atoms with Crippen molar-refractivity contribution >= 4 is 34.0 Å². The quantitative estimate of drug-likeness (QED) is 0.565. The van der Waals surface area contributed by atoms with Crippen LogP contribution in [0.25, 0.3) is 0 Å². The van der Waals surface area contributed by atoms with Gasteiger partial charge >= 0.3 is 0 Å². The largest absolute Gasteiger partial charge is 0.493 e. The van der Waals surface area contributed by atoms with E-state index < -0.39 is 0 Å². The summed E-state index contributed by atoms with van der Waals surface area (Å²) in [4.78, 5) is 27.2. The van der Waals surface area contributed by atoms with Gasteiger partial charge in [0.1, 0.15) is 5.01 Å². The molecule has 3 aromatic rings. The van der Waals surface area contributed by atoms with E-state index in [0.717, 1.165) is 11.3 Å². The summed E-state index contributed by atoms with van der Waals surface area (Å²) in [5, 5.41) is 12.2. The number of aryl methyl sites for hydroxylation is 1. The summed E-state index contributed by atoms with van der Waals surface area (Å²) in [6.07, 6.45) is 0.351. The number of benzene rings is 2. The Morgan fingerprint density at radius 3 is 2.42 bits per heavy atom. The zero-order chi connectivity index (χ0) is 23.5. The first-order valence-corrected chi connectivity index (χ1v) is 11.1. The van der Waals surface area contributed by atoms with Crippen LogP contribution < -0.4 is 24.4 Å². The van der Waals surface area contributed by atoms with Gasteiger partial charge in [0, 0.05) is 30.1 Å². The van der Waals surface area contributed by atoms with Crippen molar-refractivity contribution in [2.45, 2.75) is 19.3 Å². The van der Waals surface area contributed by atoms with Crippen molar-refractivity contribution in [3.63, 3.8) is 0 Å². The highest BCUT2D eigenvalue weighted by molar-refractivity contribution is 7.15. The molecule has 0 spiro atoms. The van der Waals surface area contributed by atoms with Gasteiger partial charge in [0.15, 0.2) is 11.5 Å². The number of amides is 2. The molecule has 1 atom stereocenters. The van der Waals surface area contributed by atoms with Crippen LogP contribution in [0.1, 0.15) is 33.3 Å². The number of nitrogens with one attached hydrogen (secondary N) is 1. The van der Waals surface area contributed by atoms with Gasteiger partial charge in [-0.15, -0.1) is 10.2 Å². The van der Waals surface area contributed by atoms with Crippen LogP contribution in [0.4, 0.5) is 10.8 Å². The Morgan fingerprint density at radius 1 is 1.09 bits per heavy atom. The van der Waals surface area contributed by atoms with Crippen molar-refractivity contribution in [2.75, 3.05) is 38.1 Å². The van der Waals surface area contributed by atoms with E-state index in [1.165, 1.54) is 32.7 Å². The fourth-order valence-electron chi connectivity index (χ4n) is 3.80. The van der Waals surface area contributed by atoms with Crippen molar-refractivity contribution < 1.29 is 23.8 Å². The lowest BCUT2D eigenvalue weighted by atomic mass is 10.1. The summed E-state index contributed by atoms with van der Waals surface area (Å²) in [5.41, 5.74) is 2.27. The maximum Gasteiger partial charge on any atom is 0.257 e. The Kier molecular flexibility index (Phi) is 6.45. The highest BCUT2D eigenvalue weighted by Crippen LogP contribution is 2.39. The molecule has 1 N–H and O–H groups in total. The van der Waals surface area contributed by atoms with E-state index in [-0.39, 0.29) is 17.7 Å². The van der Waals surface area contributed by atoms with Gasteiger partial charge < -0.3 is 19.1 Å². The number of para-hydroxylation sites is 1. The average Bonchev–Trinajstić information content (AvgIpc) is 3.44. The number of carbonyl (C=O) groups is 2. The van der Waals surface area contributed by atoms with E-state index in [9.17, 15) is 9.59 Å². The Balaban J connectivity index is 1.49. The minimum Gasteiger partial charge on any atom is -0.493 e. The van der Waals surface area contributed by atoms with Gasteiger partial charge in [-0.2, -0.15) is 0 Å². The summed E-state index contributed by atoms with van der Waals surface area (Å²) in [6, 6.07) is 10.9. The zero-order valence-corrected chi connectivity index (χ0v) is 19.6. The van der Waals surface area contributed by atoms with Gasteiger partial charge in [0.2, 0.25) is 16.8 Å². The second-order valence-corrected chi connectivity index (χ2v) is 8.51. The van der Waals surface area contributed by atoms with Gasteiger partial charge in [-0.1, -0.05) is 29.5 Å². The molecule has 2 heterocycles. The number of methoxy groups -OCH3 is 3. The number of hydrogen-bond acceptors (Lipinski definition) is 8. The molecular weight excluding hydrogens is 444 g/mol. The number of hydrogen-bond donors (Lipinski definition) is 1. The van der Waals surface area contributed by atoms with E-state index in [2.05, 4.69) is 15.5 Å². The number of anilines is 2. The summed E-state index contributed by atoms with van der Waals surface area (Å²) in [5.74, 6) is 0.732. The lowest BCUT2D eigenvalue weighted by Gasteiger charge is -2.18. The van der Waals surface area contributed by atoms with Crippen molar-refractivity contribution in [2.24, 2.45) is 0 Å². The second-order valence-electron chi connectivity index (χ2n) is 7.51. The minimum atomic E-state index is -0.388. The third-order valence-corrected chi connectivity index (χ3v) is 6.47. The van der Waals surface area contributed by atoms with Crippen LogP contribution >= 0.6 is 11.3 Å². The van der Waals surface area contributed by atoms with E-state index in [4.69, 9.17) is 14.2 Å². The SMILES string of the molecule is COc1cc(C(=O)Nc2nnc(C3CC(=O)N(c4ccccc4C)C3)s2)cc(OC)c1OC. The molecule has 2 aromatic carbocycles. The van der Waals surface area contributed by atoms with E-state index in [1.807, 2.05) is 31.2 Å². The second kappa shape index (κ2) is 9.45. The Bertz CT molecular complexity index is 1170. The van der Waals surface area contributed by atoms with Gasteiger partial charge in [0.05, 0.1) is 21.3 Å². The topological polar surface area (TPSA) is 103 Å². The average molecular weight is 469 g/mol. The van der Waals surface area contributed by atoms with Crippen LogP contribution in [0.3, 0.4) is 0 Å². The number of rotatable bonds is 7. The van der Waals surface area contributed by atoms with Crippen LogP contribution in [0, 0.1) is 6.92 Å². The van der Waals surface area contributed by atoms with Crippen molar-refractivity contribution in [1.29, 1.82) is 0 Å². The Hall–Kier alpha value is -3.66. The first kappa shape index (κ1) is 22.5. The lowest BCUT2D eigenvalue weighted by Crippen LogP contribution is -2.25. The summed E-state index contributed by atoms with van der Waals surface area (Å²) >= 11 is 1.26. The van der Waals surface area contributed by atoms with E-state index in [1.54, 1.807) is 17.0 Å². The van der Waals surface area contributed by atoms with E-state index >= 15 is 0 Å². The highest BCUT2D eigenvalue weighted by atomic mass is 32.1. The molecule has 33 heavy (non-hydrogen) atoms. The number of ether oxygens (including phenoxy) is 3. The number of nitrogens with zero attached hydrogens (tertiary/aromatic N) is 3. The summed E-state index contributed by atoms with van der Waals surface area (Å²) in [6.45, 7) is 2.51. The molecule has 0 saturated carbocycles.